The van der Waals surface area contributed by atoms with E-state index >= 15 is 0 Å². The molecule has 1 saturated carbocycles. The lowest BCUT2D eigenvalue weighted by atomic mass is 10.1. The van der Waals surface area contributed by atoms with Crippen LogP contribution >= 0.6 is 11.6 Å². The van der Waals surface area contributed by atoms with Crippen LogP contribution in [-0.2, 0) is 9.59 Å². The number of hydrogen-bond donors (Lipinski definition) is 2. The molecule has 2 aliphatic rings. The van der Waals surface area contributed by atoms with Crippen LogP contribution in [0.4, 0.5) is 11.5 Å². The minimum atomic E-state index is -0.0124. The van der Waals surface area contributed by atoms with Gasteiger partial charge in [-0.2, -0.15) is 0 Å². The molecule has 1 aromatic carbocycles. The number of amides is 2. The molecule has 0 bridgehead atoms. The van der Waals surface area contributed by atoms with Gasteiger partial charge in [0.2, 0.25) is 11.8 Å². The predicted octanol–water partition coefficient (Wildman–Crippen LogP) is 2.41. The summed E-state index contributed by atoms with van der Waals surface area (Å²) in [6, 6.07) is 11.3. The van der Waals surface area contributed by atoms with Crippen LogP contribution in [0.2, 0.25) is 5.02 Å². The smallest absolute Gasteiger partial charge is 0.239 e. The van der Waals surface area contributed by atoms with E-state index in [4.69, 9.17) is 11.6 Å². The summed E-state index contributed by atoms with van der Waals surface area (Å²) >= 11 is 5.91. The Bertz CT molecular complexity index is 822. The predicted molar refractivity (Wildman–Crippen MR) is 100 cm³/mol. The van der Waals surface area contributed by atoms with Crippen molar-refractivity contribution in [2.75, 3.05) is 29.9 Å². The second kappa shape index (κ2) is 6.96. The average Bonchev–Trinajstić information content (AvgIpc) is 3.44. The lowest BCUT2D eigenvalue weighted by molar-refractivity contribution is -0.120. The molecule has 1 aliphatic carbocycles. The van der Waals surface area contributed by atoms with Gasteiger partial charge in [-0.1, -0.05) is 23.7 Å². The molecule has 0 spiro atoms. The quantitative estimate of drug-likeness (QED) is 0.866. The number of hydrogen-bond acceptors (Lipinski definition) is 4. The molecule has 2 fully saturated rings. The van der Waals surface area contributed by atoms with Crippen molar-refractivity contribution in [1.29, 1.82) is 0 Å². The fraction of sp³-hybridized carbons (Fsp3) is 0.316. The Morgan fingerprint density at radius 3 is 2.73 bits per heavy atom. The number of piperazine rings is 1. The van der Waals surface area contributed by atoms with Gasteiger partial charge in [-0.3, -0.25) is 9.59 Å². The van der Waals surface area contributed by atoms with E-state index in [9.17, 15) is 9.59 Å². The van der Waals surface area contributed by atoms with Gasteiger partial charge in [0.1, 0.15) is 5.82 Å². The summed E-state index contributed by atoms with van der Waals surface area (Å²) in [4.78, 5) is 30.2. The Kier molecular flexibility index (Phi) is 4.51. The molecule has 2 heterocycles. The number of aromatic nitrogens is 1. The van der Waals surface area contributed by atoms with Gasteiger partial charge in [-0.05, 0) is 42.2 Å². The summed E-state index contributed by atoms with van der Waals surface area (Å²) < 4.78 is 0. The minimum Gasteiger partial charge on any atom is -0.353 e. The zero-order valence-corrected chi connectivity index (χ0v) is 14.9. The molecule has 2 atom stereocenters. The van der Waals surface area contributed by atoms with Crippen molar-refractivity contribution in [1.82, 2.24) is 10.3 Å². The largest absolute Gasteiger partial charge is 0.353 e. The molecular weight excluding hydrogens is 352 g/mol. The third-order valence-electron chi connectivity index (χ3n) is 4.80. The standard InChI is InChI=1S/C19H19ClN4O2/c20-13-3-1-12(2-4-13)15-9-16(15)19(26)23-14-5-6-17(22-10-14)24-8-7-21-18(25)11-24/h1-6,10,15-16H,7-9,11H2,(H,21,25)(H,23,26). The van der Waals surface area contributed by atoms with Gasteiger partial charge < -0.3 is 15.5 Å². The van der Waals surface area contributed by atoms with E-state index in [1.807, 2.05) is 41.3 Å². The summed E-state index contributed by atoms with van der Waals surface area (Å²) in [5.74, 6) is 0.991. The monoisotopic (exact) mass is 370 g/mol. The maximum Gasteiger partial charge on any atom is 0.239 e. The number of benzene rings is 1. The van der Waals surface area contributed by atoms with Gasteiger partial charge in [0.25, 0.3) is 0 Å². The van der Waals surface area contributed by atoms with Crippen LogP contribution in [0.25, 0.3) is 0 Å². The van der Waals surface area contributed by atoms with Crippen LogP contribution in [0.5, 0.6) is 0 Å². The summed E-state index contributed by atoms with van der Waals surface area (Å²) in [5, 5.41) is 6.42. The molecule has 134 valence electrons. The van der Waals surface area contributed by atoms with Crippen LogP contribution in [0.3, 0.4) is 0 Å². The Balaban J connectivity index is 1.35. The number of rotatable bonds is 4. The molecule has 2 N–H and O–H groups in total. The Morgan fingerprint density at radius 2 is 2.04 bits per heavy atom. The lowest BCUT2D eigenvalue weighted by Gasteiger charge is -2.27. The fourth-order valence-electron chi connectivity index (χ4n) is 3.28. The SMILES string of the molecule is O=C1CN(c2ccc(NC(=O)C3CC3c3ccc(Cl)cc3)cn2)CCN1. The van der Waals surface area contributed by atoms with Crippen LogP contribution in [0, 0.1) is 5.92 Å². The van der Waals surface area contributed by atoms with Crippen molar-refractivity contribution in [2.45, 2.75) is 12.3 Å². The van der Waals surface area contributed by atoms with Gasteiger partial charge in [0, 0.05) is 24.0 Å². The molecule has 2 unspecified atom stereocenters. The Labute approximate surface area is 156 Å². The van der Waals surface area contributed by atoms with Crippen LogP contribution in [-0.4, -0.2) is 36.4 Å². The highest BCUT2D eigenvalue weighted by Crippen LogP contribution is 2.48. The summed E-state index contributed by atoms with van der Waals surface area (Å²) in [5.41, 5.74) is 1.81. The van der Waals surface area contributed by atoms with E-state index in [-0.39, 0.29) is 23.7 Å². The minimum absolute atomic E-state index is 0.00240. The van der Waals surface area contributed by atoms with E-state index in [0.29, 0.717) is 23.8 Å². The number of anilines is 2. The molecule has 6 nitrogen and oxygen atoms in total. The normalized spacial score (nSPS) is 21.9. The molecule has 7 heteroatoms. The fourth-order valence-corrected chi connectivity index (χ4v) is 3.41. The van der Waals surface area contributed by atoms with Gasteiger partial charge in [-0.15, -0.1) is 0 Å². The third-order valence-corrected chi connectivity index (χ3v) is 5.06. The van der Waals surface area contributed by atoms with Crippen LogP contribution in [0.15, 0.2) is 42.6 Å². The molecule has 26 heavy (non-hydrogen) atoms. The van der Waals surface area contributed by atoms with Crippen molar-refractivity contribution in [3.63, 3.8) is 0 Å². The molecule has 2 aromatic rings. The maximum absolute atomic E-state index is 12.4. The number of carbonyl (C=O) groups excluding carboxylic acids is 2. The highest BCUT2D eigenvalue weighted by atomic mass is 35.5. The summed E-state index contributed by atoms with van der Waals surface area (Å²) in [6.07, 6.45) is 2.49. The first-order valence-electron chi connectivity index (χ1n) is 8.64. The van der Waals surface area contributed by atoms with Crippen LogP contribution in [0.1, 0.15) is 17.9 Å². The zero-order valence-electron chi connectivity index (χ0n) is 14.1. The second-order valence-corrected chi connectivity index (χ2v) is 7.10. The topological polar surface area (TPSA) is 74.3 Å². The first-order valence-corrected chi connectivity index (χ1v) is 9.02. The van der Waals surface area contributed by atoms with E-state index < -0.39 is 0 Å². The molecule has 4 rings (SSSR count). The number of carbonyl (C=O) groups is 2. The van der Waals surface area contributed by atoms with Crippen molar-refractivity contribution in [3.8, 4) is 0 Å². The highest BCUT2D eigenvalue weighted by Gasteiger charge is 2.43. The summed E-state index contributed by atoms with van der Waals surface area (Å²) in [7, 11) is 0. The number of nitrogens with zero attached hydrogens (tertiary/aromatic N) is 2. The first kappa shape index (κ1) is 16.8. The zero-order chi connectivity index (χ0) is 18.1. The molecule has 0 radical (unpaired) electrons. The molecule has 1 saturated heterocycles. The van der Waals surface area contributed by atoms with Gasteiger partial charge in [0.15, 0.2) is 0 Å². The van der Waals surface area contributed by atoms with E-state index in [2.05, 4.69) is 15.6 Å². The number of pyridine rings is 1. The molecular formula is C19H19ClN4O2. The van der Waals surface area contributed by atoms with E-state index in [0.717, 1.165) is 24.3 Å². The second-order valence-electron chi connectivity index (χ2n) is 6.67. The lowest BCUT2D eigenvalue weighted by Crippen LogP contribution is -2.48. The van der Waals surface area contributed by atoms with E-state index in [1.165, 1.54) is 0 Å². The maximum atomic E-state index is 12.4. The van der Waals surface area contributed by atoms with Crippen molar-refractivity contribution < 1.29 is 9.59 Å². The number of nitrogens with one attached hydrogen (secondary N) is 2. The van der Waals surface area contributed by atoms with Gasteiger partial charge >= 0.3 is 0 Å². The molecule has 1 aromatic heterocycles. The van der Waals surface area contributed by atoms with Crippen molar-refractivity contribution in [2.24, 2.45) is 5.92 Å². The van der Waals surface area contributed by atoms with Crippen LogP contribution < -0.4 is 15.5 Å². The first-order chi connectivity index (χ1) is 12.6. The Morgan fingerprint density at radius 1 is 1.23 bits per heavy atom. The van der Waals surface area contributed by atoms with E-state index in [1.54, 1.807) is 6.20 Å². The van der Waals surface area contributed by atoms with Gasteiger partial charge in [-0.25, -0.2) is 4.98 Å². The molecule has 1 aliphatic heterocycles. The Hall–Kier alpha value is -2.60. The molecule has 2 amide bonds. The highest BCUT2D eigenvalue weighted by molar-refractivity contribution is 6.30. The van der Waals surface area contributed by atoms with Crippen molar-refractivity contribution in [3.05, 3.63) is 53.2 Å². The third kappa shape index (κ3) is 3.65. The van der Waals surface area contributed by atoms with Gasteiger partial charge in [0.05, 0.1) is 18.4 Å². The number of halogens is 1. The summed E-state index contributed by atoms with van der Waals surface area (Å²) in [6.45, 7) is 1.66. The van der Waals surface area contributed by atoms with Crippen molar-refractivity contribution >= 4 is 34.9 Å². The average molecular weight is 371 g/mol.